The first kappa shape index (κ1) is 7.54. The van der Waals surface area contributed by atoms with Gasteiger partial charge in [-0.2, -0.15) is 0 Å². The van der Waals surface area contributed by atoms with E-state index in [0.29, 0.717) is 12.3 Å². The molecule has 1 fully saturated rings. The Hall–Kier alpha value is -0.570. The average molecular weight is 143 g/mol. The van der Waals surface area contributed by atoms with Crippen LogP contribution >= 0.6 is 0 Å². The maximum Gasteiger partial charge on any atom is 0.303 e. The molecule has 0 saturated carbocycles. The van der Waals surface area contributed by atoms with Crippen LogP contribution in [-0.2, 0) is 4.79 Å². The first-order chi connectivity index (χ1) is 4.68. The van der Waals surface area contributed by atoms with E-state index in [1.54, 1.807) is 0 Å². The molecule has 3 heteroatoms. The molecule has 0 aliphatic carbocycles. The van der Waals surface area contributed by atoms with Gasteiger partial charge in [0, 0.05) is 19.5 Å². The lowest BCUT2D eigenvalue weighted by atomic mass is 9.96. The third-order valence-electron chi connectivity index (χ3n) is 1.91. The van der Waals surface area contributed by atoms with Crippen molar-refractivity contribution in [1.29, 1.82) is 0 Å². The monoisotopic (exact) mass is 143 g/mol. The van der Waals surface area contributed by atoms with Crippen LogP contribution in [-0.4, -0.2) is 36.1 Å². The van der Waals surface area contributed by atoms with Crippen molar-refractivity contribution in [3.8, 4) is 0 Å². The van der Waals surface area contributed by atoms with Crippen LogP contribution in [0, 0.1) is 5.92 Å². The summed E-state index contributed by atoms with van der Waals surface area (Å²) in [5, 5.41) is 8.33. The number of likely N-dealkylation sites (tertiary alicyclic amines) is 1. The SMILES string of the molecule is CN1CC(CCC(=O)O)C1. The van der Waals surface area contributed by atoms with Crippen LogP contribution in [0.5, 0.6) is 0 Å². The zero-order valence-electron chi connectivity index (χ0n) is 6.21. The Morgan fingerprint density at radius 3 is 2.70 bits per heavy atom. The van der Waals surface area contributed by atoms with Crippen LogP contribution in [0.2, 0.25) is 0 Å². The zero-order valence-corrected chi connectivity index (χ0v) is 6.21. The van der Waals surface area contributed by atoms with E-state index in [0.717, 1.165) is 19.5 Å². The molecule has 0 bridgehead atoms. The molecule has 0 atom stereocenters. The van der Waals surface area contributed by atoms with Crippen LogP contribution in [0.1, 0.15) is 12.8 Å². The molecule has 0 amide bonds. The van der Waals surface area contributed by atoms with Crippen molar-refractivity contribution in [3.63, 3.8) is 0 Å². The van der Waals surface area contributed by atoms with Crippen LogP contribution in [0.4, 0.5) is 0 Å². The summed E-state index contributed by atoms with van der Waals surface area (Å²) in [5.74, 6) is -0.0318. The lowest BCUT2D eigenvalue weighted by molar-refractivity contribution is -0.137. The van der Waals surface area contributed by atoms with E-state index >= 15 is 0 Å². The summed E-state index contributed by atoms with van der Waals surface area (Å²) in [5.41, 5.74) is 0. The third kappa shape index (κ3) is 1.99. The minimum atomic E-state index is -0.672. The van der Waals surface area contributed by atoms with Gasteiger partial charge in [0.2, 0.25) is 0 Å². The summed E-state index contributed by atoms with van der Waals surface area (Å²) in [7, 11) is 2.05. The second-order valence-corrected chi connectivity index (χ2v) is 3.02. The Kier molecular flexibility index (Phi) is 2.27. The average Bonchev–Trinajstić information content (AvgIpc) is 1.77. The quantitative estimate of drug-likeness (QED) is 0.622. The van der Waals surface area contributed by atoms with E-state index in [1.165, 1.54) is 0 Å². The molecule has 1 saturated heterocycles. The first-order valence-corrected chi connectivity index (χ1v) is 3.59. The Morgan fingerprint density at radius 2 is 2.30 bits per heavy atom. The topological polar surface area (TPSA) is 40.5 Å². The van der Waals surface area contributed by atoms with Gasteiger partial charge in [0.25, 0.3) is 0 Å². The molecule has 3 nitrogen and oxygen atoms in total. The normalized spacial score (nSPS) is 20.5. The minimum Gasteiger partial charge on any atom is -0.481 e. The standard InChI is InChI=1S/C7H13NO2/c1-8-4-6(5-8)2-3-7(9)10/h6H,2-5H2,1H3,(H,9,10). The summed E-state index contributed by atoms with van der Waals surface area (Å²) >= 11 is 0. The summed E-state index contributed by atoms with van der Waals surface area (Å²) < 4.78 is 0. The molecule has 0 aromatic heterocycles. The highest BCUT2D eigenvalue weighted by atomic mass is 16.4. The number of hydrogen-bond acceptors (Lipinski definition) is 2. The van der Waals surface area contributed by atoms with E-state index in [2.05, 4.69) is 11.9 Å². The van der Waals surface area contributed by atoms with Crippen molar-refractivity contribution in [3.05, 3.63) is 0 Å². The molecular formula is C7H13NO2. The number of nitrogens with zero attached hydrogens (tertiary/aromatic N) is 1. The maximum atomic E-state index is 10.1. The molecule has 0 spiro atoms. The Balaban J connectivity index is 2.00. The molecule has 1 N–H and O–H groups in total. The predicted molar refractivity (Wildman–Crippen MR) is 37.9 cm³/mol. The van der Waals surface area contributed by atoms with E-state index in [1.807, 2.05) is 0 Å². The van der Waals surface area contributed by atoms with Crippen LogP contribution < -0.4 is 0 Å². The second-order valence-electron chi connectivity index (χ2n) is 3.02. The van der Waals surface area contributed by atoms with Crippen molar-refractivity contribution in [2.45, 2.75) is 12.8 Å². The van der Waals surface area contributed by atoms with Crippen LogP contribution in [0.3, 0.4) is 0 Å². The first-order valence-electron chi connectivity index (χ1n) is 3.59. The van der Waals surface area contributed by atoms with Crippen molar-refractivity contribution < 1.29 is 9.90 Å². The zero-order chi connectivity index (χ0) is 7.56. The van der Waals surface area contributed by atoms with Gasteiger partial charge in [0.15, 0.2) is 0 Å². The third-order valence-corrected chi connectivity index (χ3v) is 1.91. The smallest absolute Gasteiger partial charge is 0.303 e. The number of aliphatic carboxylic acids is 1. The van der Waals surface area contributed by atoms with Gasteiger partial charge in [-0.05, 0) is 19.4 Å². The molecule has 0 aromatic carbocycles. The fraction of sp³-hybridized carbons (Fsp3) is 0.857. The minimum absolute atomic E-state index is 0.332. The van der Waals surface area contributed by atoms with Gasteiger partial charge in [-0.25, -0.2) is 0 Å². The molecule has 1 aliphatic rings. The lowest BCUT2D eigenvalue weighted by Crippen LogP contribution is -2.43. The van der Waals surface area contributed by atoms with Gasteiger partial charge in [-0.3, -0.25) is 4.79 Å². The van der Waals surface area contributed by atoms with Crippen molar-refractivity contribution >= 4 is 5.97 Å². The Labute approximate surface area is 60.6 Å². The van der Waals surface area contributed by atoms with Crippen molar-refractivity contribution in [2.24, 2.45) is 5.92 Å². The molecule has 58 valence electrons. The van der Waals surface area contributed by atoms with Crippen molar-refractivity contribution in [1.82, 2.24) is 4.90 Å². The highest BCUT2D eigenvalue weighted by molar-refractivity contribution is 5.66. The highest BCUT2D eigenvalue weighted by Gasteiger charge is 2.22. The molecule has 0 unspecified atom stereocenters. The maximum absolute atomic E-state index is 10.1. The summed E-state index contributed by atoms with van der Waals surface area (Å²) in [6.07, 6.45) is 1.18. The number of rotatable bonds is 3. The van der Waals surface area contributed by atoms with Crippen LogP contribution in [0.25, 0.3) is 0 Å². The number of hydrogen-bond donors (Lipinski definition) is 1. The molecular weight excluding hydrogens is 130 g/mol. The number of carboxylic acids is 1. The van der Waals surface area contributed by atoms with Gasteiger partial charge >= 0.3 is 5.97 Å². The Bertz CT molecular complexity index is 130. The highest BCUT2D eigenvalue weighted by Crippen LogP contribution is 2.17. The van der Waals surface area contributed by atoms with E-state index < -0.39 is 5.97 Å². The molecule has 1 heterocycles. The summed E-state index contributed by atoms with van der Waals surface area (Å²) in [6, 6.07) is 0. The predicted octanol–water partition coefficient (Wildman–Crippen LogP) is 0.413. The van der Waals surface area contributed by atoms with E-state index in [4.69, 9.17) is 5.11 Å². The number of carbonyl (C=O) groups is 1. The largest absolute Gasteiger partial charge is 0.481 e. The number of carboxylic acid groups (broad SMARTS) is 1. The fourth-order valence-corrected chi connectivity index (χ4v) is 1.34. The summed E-state index contributed by atoms with van der Waals surface area (Å²) in [6.45, 7) is 2.15. The van der Waals surface area contributed by atoms with Crippen molar-refractivity contribution in [2.75, 3.05) is 20.1 Å². The summed E-state index contributed by atoms with van der Waals surface area (Å²) in [4.78, 5) is 12.3. The van der Waals surface area contributed by atoms with Crippen LogP contribution in [0.15, 0.2) is 0 Å². The molecule has 0 aromatic rings. The van der Waals surface area contributed by atoms with Gasteiger partial charge in [-0.15, -0.1) is 0 Å². The fourth-order valence-electron chi connectivity index (χ4n) is 1.34. The Morgan fingerprint density at radius 1 is 1.70 bits per heavy atom. The lowest BCUT2D eigenvalue weighted by Gasteiger charge is -2.35. The molecule has 1 aliphatic heterocycles. The van der Waals surface area contributed by atoms with E-state index in [-0.39, 0.29) is 0 Å². The molecule has 0 radical (unpaired) electrons. The van der Waals surface area contributed by atoms with Gasteiger partial charge in [0.05, 0.1) is 0 Å². The van der Waals surface area contributed by atoms with Gasteiger partial charge in [0.1, 0.15) is 0 Å². The van der Waals surface area contributed by atoms with Gasteiger partial charge < -0.3 is 10.0 Å². The second kappa shape index (κ2) is 3.01. The van der Waals surface area contributed by atoms with Gasteiger partial charge in [-0.1, -0.05) is 0 Å². The molecule has 1 rings (SSSR count). The molecule has 10 heavy (non-hydrogen) atoms. The van der Waals surface area contributed by atoms with E-state index in [9.17, 15) is 4.79 Å².